The second-order valence-corrected chi connectivity index (χ2v) is 5.00. The summed E-state index contributed by atoms with van der Waals surface area (Å²) < 4.78 is 0. The first-order chi connectivity index (χ1) is 8.99. The number of carboxylic acids is 1. The van der Waals surface area contributed by atoms with Gasteiger partial charge in [-0.05, 0) is 31.0 Å². The number of likely N-dealkylation sites (tertiary alicyclic amines) is 1. The summed E-state index contributed by atoms with van der Waals surface area (Å²) in [5.41, 5.74) is 0.355. The van der Waals surface area contributed by atoms with E-state index in [-0.39, 0.29) is 23.2 Å². The first-order valence-electron chi connectivity index (χ1n) is 5.99. The second-order valence-electron chi connectivity index (χ2n) is 4.59. The normalized spacial score (nSPS) is 19.2. The van der Waals surface area contributed by atoms with Crippen LogP contribution in [0.1, 0.15) is 23.2 Å². The fourth-order valence-electron chi connectivity index (χ4n) is 2.19. The van der Waals surface area contributed by atoms with Crippen LogP contribution in [0.3, 0.4) is 0 Å². The van der Waals surface area contributed by atoms with Gasteiger partial charge in [0.1, 0.15) is 5.75 Å². The van der Waals surface area contributed by atoms with Gasteiger partial charge in [-0.3, -0.25) is 9.59 Å². The van der Waals surface area contributed by atoms with E-state index in [1.54, 1.807) is 0 Å². The van der Waals surface area contributed by atoms with Crippen LogP contribution in [-0.4, -0.2) is 40.1 Å². The summed E-state index contributed by atoms with van der Waals surface area (Å²) in [5.74, 6) is -1.72. The van der Waals surface area contributed by atoms with Crippen LogP contribution in [0.2, 0.25) is 5.02 Å². The van der Waals surface area contributed by atoms with E-state index >= 15 is 0 Å². The maximum atomic E-state index is 12.2. The number of phenolic OH excluding ortho intramolecular Hbond substituents is 1. The maximum Gasteiger partial charge on any atom is 0.308 e. The van der Waals surface area contributed by atoms with Crippen LogP contribution in [0.25, 0.3) is 0 Å². The van der Waals surface area contributed by atoms with Gasteiger partial charge in [0.25, 0.3) is 5.91 Å². The molecule has 102 valence electrons. The summed E-state index contributed by atoms with van der Waals surface area (Å²) in [6, 6.07) is 4.23. The number of halogens is 1. The van der Waals surface area contributed by atoms with E-state index in [1.807, 2.05) is 0 Å². The molecule has 2 N–H and O–H groups in total. The number of carbonyl (C=O) groups excluding carboxylic acids is 1. The van der Waals surface area contributed by atoms with Crippen molar-refractivity contribution in [1.29, 1.82) is 0 Å². The summed E-state index contributed by atoms with van der Waals surface area (Å²) >= 11 is 5.76. The highest BCUT2D eigenvalue weighted by Crippen LogP contribution is 2.25. The standard InChI is InChI=1S/C13H14ClNO4/c14-10-6-8(3-4-11(10)16)12(17)15-5-1-2-9(7-15)13(18)19/h3-4,6,9,16H,1-2,5,7H2,(H,18,19)/t9-/m0/s1. The first kappa shape index (κ1) is 13.7. The van der Waals surface area contributed by atoms with E-state index in [2.05, 4.69) is 0 Å². The van der Waals surface area contributed by atoms with Gasteiger partial charge >= 0.3 is 5.97 Å². The first-order valence-corrected chi connectivity index (χ1v) is 6.37. The third kappa shape index (κ3) is 2.98. The zero-order valence-electron chi connectivity index (χ0n) is 10.2. The Morgan fingerprint density at radius 3 is 2.74 bits per heavy atom. The summed E-state index contributed by atoms with van der Waals surface area (Å²) in [6.07, 6.45) is 1.27. The Hall–Kier alpha value is -1.75. The lowest BCUT2D eigenvalue weighted by Crippen LogP contribution is -2.42. The maximum absolute atomic E-state index is 12.2. The Labute approximate surface area is 115 Å². The zero-order chi connectivity index (χ0) is 14.0. The molecule has 1 aromatic carbocycles. The van der Waals surface area contributed by atoms with Gasteiger partial charge in [-0.15, -0.1) is 0 Å². The smallest absolute Gasteiger partial charge is 0.308 e. The van der Waals surface area contributed by atoms with Gasteiger partial charge in [0.2, 0.25) is 0 Å². The largest absolute Gasteiger partial charge is 0.506 e. The molecule has 0 bridgehead atoms. The number of carboxylic acid groups (broad SMARTS) is 1. The number of piperidine rings is 1. The molecule has 0 spiro atoms. The number of benzene rings is 1. The number of aliphatic carboxylic acids is 1. The third-order valence-electron chi connectivity index (χ3n) is 3.25. The van der Waals surface area contributed by atoms with E-state index in [1.165, 1.54) is 23.1 Å². The molecule has 1 aliphatic heterocycles. The van der Waals surface area contributed by atoms with Crippen LogP contribution in [0.5, 0.6) is 5.75 Å². The molecular weight excluding hydrogens is 270 g/mol. The molecule has 1 atom stereocenters. The van der Waals surface area contributed by atoms with Gasteiger partial charge in [-0.1, -0.05) is 11.6 Å². The highest BCUT2D eigenvalue weighted by Gasteiger charge is 2.28. The molecule has 1 fully saturated rings. The molecule has 5 nitrogen and oxygen atoms in total. The van der Waals surface area contributed by atoms with Gasteiger partial charge < -0.3 is 15.1 Å². The molecule has 0 radical (unpaired) electrons. The van der Waals surface area contributed by atoms with Crippen LogP contribution in [0.4, 0.5) is 0 Å². The van der Waals surface area contributed by atoms with Crippen LogP contribution < -0.4 is 0 Å². The number of nitrogens with zero attached hydrogens (tertiary/aromatic N) is 1. The summed E-state index contributed by atoms with van der Waals surface area (Å²) in [6.45, 7) is 0.758. The van der Waals surface area contributed by atoms with Crippen molar-refractivity contribution in [2.24, 2.45) is 5.92 Å². The molecule has 1 aliphatic rings. The van der Waals surface area contributed by atoms with Gasteiger partial charge in [0.15, 0.2) is 0 Å². The van der Waals surface area contributed by atoms with Crippen molar-refractivity contribution >= 4 is 23.5 Å². The van der Waals surface area contributed by atoms with Crippen LogP contribution >= 0.6 is 11.6 Å². The van der Waals surface area contributed by atoms with E-state index in [4.69, 9.17) is 16.7 Å². The van der Waals surface area contributed by atoms with Crippen molar-refractivity contribution in [2.75, 3.05) is 13.1 Å². The van der Waals surface area contributed by atoms with Crippen LogP contribution in [-0.2, 0) is 4.79 Å². The van der Waals surface area contributed by atoms with Crippen molar-refractivity contribution in [3.8, 4) is 5.75 Å². The van der Waals surface area contributed by atoms with E-state index in [0.29, 0.717) is 24.9 Å². The topological polar surface area (TPSA) is 77.8 Å². The van der Waals surface area contributed by atoms with Gasteiger partial charge in [0, 0.05) is 18.7 Å². The van der Waals surface area contributed by atoms with Crippen molar-refractivity contribution in [2.45, 2.75) is 12.8 Å². The monoisotopic (exact) mass is 283 g/mol. The van der Waals surface area contributed by atoms with Gasteiger partial charge in [-0.25, -0.2) is 0 Å². The van der Waals surface area contributed by atoms with Crippen LogP contribution in [0.15, 0.2) is 18.2 Å². The predicted molar refractivity (Wildman–Crippen MR) is 69.4 cm³/mol. The average Bonchev–Trinajstić information content (AvgIpc) is 2.41. The van der Waals surface area contributed by atoms with Crippen molar-refractivity contribution < 1.29 is 19.8 Å². The number of carbonyl (C=O) groups is 2. The lowest BCUT2D eigenvalue weighted by Gasteiger charge is -2.30. The fraction of sp³-hybridized carbons (Fsp3) is 0.385. The summed E-state index contributed by atoms with van der Waals surface area (Å²) in [7, 11) is 0. The molecule has 0 aromatic heterocycles. The van der Waals surface area contributed by atoms with Gasteiger partial charge in [0.05, 0.1) is 10.9 Å². The molecule has 0 aliphatic carbocycles. The fourth-order valence-corrected chi connectivity index (χ4v) is 2.37. The zero-order valence-corrected chi connectivity index (χ0v) is 10.9. The third-order valence-corrected chi connectivity index (χ3v) is 3.56. The van der Waals surface area contributed by atoms with Crippen molar-refractivity contribution in [3.63, 3.8) is 0 Å². The molecule has 1 amide bonds. The molecule has 19 heavy (non-hydrogen) atoms. The molecule has 0 unspecified atom stereocenters. The Bertz CT molecular complexity index is 517. The number of aromatic hydroxyl groups is 1. The number of phenols is 1. The van der Waals surface area contributed by atoms with E-state index in [9.17, 15) is 14.7 Å². The number of hydrogen-bond acceptors (Lipinski definition) is 3. The minimum atomic E-state index is -0.874. The minimum absolute atomic E-state index is 0.0831. The van der Waals surface area contributed by atoms with Crippen LogP contribution in [0, 0.1) is 5.92 Å². The quantitative estimate of drug-likeness (QED) is 0.870. The lowest BCUT2D eigenvalue weighted by molar-refractivity contribution is -0.143. The molecule has 0 saturated carbocycles. The second kappa shape index (κ2) is 5.48. The average molecular weight is 284 g/mol. The van der Waals surface area contributed by atoms with Gasteiger partial charge in [-0.2, -0.15) is 0 Å². The lowest BCUT2D eigenvalue weighted by atomic mass is 9.97. The highest BCUT2D eigenvalue weighted by atomic mass is 35.5. The molecular formula is C13H14ClNO4. The Morgan fingerprint density at radius 1 is 1.37 bits per heavy atom. The highest BCUT2D eigenvalue weighted by molar-refractivity contribution is 6.32. The Morgan fingerprint density at radius 2 is 2.11 bits per heavy atom. The van der Waals surface area contributed by atoms with E-state index < -0.39 is 11.9 Å². The molecule has 1 saturated heterocycles. The van der Waals surface area contributed by atoms with Crippen molar-refractivity contribution in [1.82, 2.24) is 4.90 Å². The number of hydrogen-bond donors (Lipinski definition) is 2. The number of rotatable bonds is 2. The summed E-state index contributed by atoms with van der Waals surface area (Å²) in [5, 5.41) is 18.4. The van der Waals surface area contributed by atoms with E-state index in [0.717, 1.165) is 0 Å². The molecule has 6 heteroatoms. The molecule has 1 aromatic rings. The molecule has 2 rings (SSSR count). The Balaban J connectivity index is 2.14. The minimum Gasteiger partial charge on any atom is -0.506 e. The van der Waals surface area contributed by atoms with Crippen molar-refractivity contribution in [3.05, 3.63) is 28.8 Å². The predicted octanol–water partition coefficient (Wildman–Crippen LogP) is 1.98. The SMILES string of the molecule is O=C(O)[C@H]1CCCN(C(=O)c2ccc(O)c(Cl)c2)C1. The number of amides is 1. The molecule has 1 heterocycles. The Kier molecular flexibility index (Phi) is 3.95. The summed E-state index contributed by atoms with van der Waals surface area (Å²) in [4.78, 5) is 24.7.